The molecule has 0 radical (unpaired) electrons. The molecule has 0 spiro atoms. The number of hydrogen-bond acceptors (Lipinski definition) is 4. The number of hydrogen-bond donors (Lipinski definition) is 1. The van der Waals surface area contributed by atoms with Crippen molar-refractivity contribution in [2.45, 2.75) is 32.2 Å². The molecule has 0 saturated heterocycles. The highest BCUT2D eigenvalue weighted by Crippen LogP contribution is 2.27. The van der Waals surface area contributed by atoms with Gasteiger partial charge in [0.15, 0.2) is 0 Å². The molecule has 2 aromatic heterocycles. The van der Waals surface area contributed by atoms with E-state index < -0.39 is 0 Å². The molecule has 0 bridgehead atoms. The molecule has 0 fully saturated rings. The summed E-state index contributed by atoms with van der Waals surface area (Å²) in [4.78, 5) is 12.6. The highest BCUT2D eigenvalue weighted by Gasteiger charge is 2.18. The van der Waals surface area contributed by atoms with Crippen LogP contribution < -0.4 is 5.32 Å². The van der Waals surface area contributed by atoms with E-state index in [9.17, 15) is 0 Å². The van der Waals surface area contributed by atoms with Gasteiger partial charge >= 0.3 is 0 Å². The first-order valence-corrected chi connectivity index (χ1v) is 6.95. The first-order valence-electron chi connectivity index (χ1n) is 6.58. The third-order valence-corrected chi connectivity index (χ3v) is 3.52. The number of fused-ring (bicyclic) bond motifs is 1. The molecule has 3 rings (SSSR count). The molecule has 2 aromatic rings. The summed E-state index contributed by atoms with van der Waals surface area (Å²) in [6.45, 7) is 1.83. The van der Waals surface area contributed by atoms with E-state index in [1.165, 1.54) is 5.56 Å². The largest absolute Gasteiger partial charge is 0.370 e. The first kappa shape index (κ1) is 12.4. The maximum atomic E-state index is 5.95. The van der Waals surface area contributed by atoms with Gasteiger partial charge in [0.05, 0.1) is 12.0 Å². The summed E-state index contributed by atoms with van der Waals surface area (Å²) in [5.41, 5.74) is 2.35. The SMILES string of the molecule is Clc1nc2c(c(NCCCn3ccnc3)n1)CCC2. The standard InChI is InChI=1S/C13H16ClN5/c14-13-17-11-4-1-3-10(11)12(18-13)16-5-2-7-19-8-6-15-9-19/h6,8-9H,1-5,7H2,(H,16,17,18). The lowest BCUT2D eigenvalue weighted by Gasteiger charge is -2.10. The average molecular weight is 278 g/mol. The van der Waals surface area contributed by atoms with Gasteiger partial charge in [0.1, 0.15) is 5.82 Å². The van der Waals surface area contributed by atoms with Gasteiger partial charge in [-0.25, -0.2) is 15.0 Å². The van der Waals surface area contributed by atoms with E-state index in [0.29, 0.717) is 5.28 Å². The Balaban J connectivity index is 1.58. The van der Waals surface area contributed by atoms with Crippen molar-refractivity contribution in [3.63, 3.8) is 0 Å². The normalized spacial score (nSPS) is 13.5. The number of rotatable bonds is 5. The van der Waals surface area contributed by atoms with Crippen molar-refractivity contribution in [3.8, 4) is 0 Å². The smallest absolute Gasteiger partial charge is 0.224 e. The summed E-state index contributed by atoms with van der Waals surface area (Å²) in [5.74, 6) is 0.915. The lowest BCUT2D eigenvalue weighted by molar-refractivity contribution is 0.659. The van der Waals surface area contributed by atoms with Crippen LogP contribution in [-0.2, 0) is 19.4 Å². The molecule has 0 aliphatic heterocycles. The average Bonchev–Trinajstić information content (AvgIpc) is 3.04. The van der Waals surface area contributed by atoms with Gasteiger partial charge < -0.3 is 9.88 Å². The van der Waals surface area contributed by atoms with E-state index in [1.54, 1.807) is 6.20 Å². The molecule has 0 unspecified atom stereocenters. The fourth-order valence-corrected chi connectivity index (χ4v) is 2.62. The van der Waals surface area contributed by atoms with E-state index in [1.807, 2.05) is 12.5 Å². The number of nitrogens with zero attached hydrogens (tertiary/aromatic N) is 4. The highest BCUT2D eigenvalue weighted by atomic mass is 35.5. The molecule has 0 aromatic carbocycles. The summed E-state index contributed by atoms with van der Waals surface area (Å²) in [5, 5.41) is 3.72. The molecule has 1 aliphatic rings. The van der Waals surface area contributed by atoms with Crippen LogP contribution in [0.4, 0.5) is 5.82 Å². The number of anilines is 1. The number of aryl methyl sites for hydroxylation is 2. The van der Waals surface area contributed by atoms with Crippen LogP contribution in [0.1, 0.15) is 24.1 Å². The van der Waals surface area contributed by atoms with Crippen molar-refractivity contribution >= 4 is 17.4 Å². The Kier molecular flexibility index (Phi) is 3.64. The minimum absolute atomic E-state index is 0.345. The molecule has 0 atom stereocenters. The molecule has 5 nitrogen and oxygen atoms in total. The number of aromatic nitrogens is 4. The number of nitrogens with one attached hydrogen (secondary N) is 1. The van der Waals surface area contributed by atoms with Crippen LogP contribution >= 0.6 is 11.6 Å². The Morgan fingerprint density at radius 2 is 2.26 bits per heavy atom. The Bertz CT molecular complexity index is 552. The van der Waals surface area contributed by atoms with Crippen molar-refractivity contribution in [2.75, 3.05) is 11.9 Å². The molecule has 19 heavy (non-hydrogen) atoms. The number of imidazole rings is 1. The summed E-state index contributed by atoms with van der Waals surface area (Å²) in [6.07, 6.45) is 9.83. The van der Waals surface area contributed by atoms with Crippen LogP contribution in [0.3, 0.4) is 0 Å². The topological polar surface area (TPSA) is 55.6 Å². The van der Waals surface area contributed by atoms with Gasteiger partial charge in [0.25, 0.3) is 0 Å². The van der Waals surface area contributed by atoms with Crippen LogP contribution in [-0.4, -0.2) is 26.1 Å². The molecule has 2 heterocycles. The molecular weight excluding hydrogens is 262 g/mol. The zero-order chi connectivity index (χ0) is 13.1. The van der Waals surface area contributed by atoms with Gasteiger partial charge in [0.2, 0.25) is 5.28 Å². The number of halogens is 1. The zero-order valence-corrected chi connectivity index (χ0v) is 11.4. The molecule has 1 aliphatic carbocycles. The second-order valence-electron chi connectivity index (χ2n) is 4.70. The second kappa shape index (κ2) is 5.57. The van der Waals surface area contributed by atoms with E-state index >= 15 is 0 Å². The minimum Gasteiger partial charge on any atom is -0.370 e. The van der Waals surface area contributed by atoms with Crippen molar-refractivity contribution in [3.05, 3.63) is 35.3 Å². The molecule has 1 N–H and O–H groups in total. The van der Waals surface area contributed by atoms with Crippen LogP contribution in [0.25, 0.3) is 0 Å². The van der Waals surface area contributed by atoms with Gasteiger partial charge in [-0.1, -0.05) is 0 Å². The Morgan fingerprint density at radius 1 is 1.32 bits per heavy atom. The van der Waals surface area contributed by atoms with Crippen LogP contribution in [0, 0.1) is 0 Å². The fourth-order valence-electron chi connectivity index (χ4n) is 2.44. The minimum atomic E-state index is 0.345. The van der Waals surface area contributed by atoms with Crippen molar-refractivity contribution < 1.29 is 0 Å². The zero-order valence-electron chi connectivity index (χ0n) is 10.6. The van der Waals surface area contributed by atoms with E-state index in [2.05, 4.69) is 24.8 Å². The second-order valence-corrected chi connectivity index (χ2v) is 5.04. The predicted octanol–water partition coefficient (Wildman–Crippen LogP) is 2.32. The summed E-state index contributed by atoms with van der Waals surface area (Å²) in [7, 11) is 0. The molecule has 6 heteroatoms. The van der Waals surface area contributed by atoms with Crippen LogP contribution in [0.5, 0.6) is 0 Å². The summed E-state index contributed by atoms with van der Waals surface area (Å²) in [6, 6.07) is 0. The molecular formula is C13H16ClN5. The van der Waals surface area contributed by atoms with Gasteiger partial charge in [-0.3, -0.25) is 0 Å². The first-order chi connectivity index (χ1) is 9.33. The van der Waals surface area contributed by atoms with Gasteiger partial charge in [-0.05, 0) is 37.3 Å². The lowest BCUT2D eigenvalue weighted by Crippen LogP contribution is -2.10. The van der Waals surface area contributed by atoms with E-state index in [4.69, 9.17) is 11.6 Å². The lowest BCUT2D eigenvalue weighted by atomic mass is 10.2. The van der Waals surface area contributed by atoms with Gasteiger partial charge in [0, 0.05) is 31.0 Å². The van der Waals surface area contributed by atoms with Crippen LogP contribution in [0.2, 0.25) is 5.28 Å². The fraction of sp³-hybridized carbons (Fsp3) is 0.462. The van der Waals surface area contributed by atoms with E-state index in [0.717, 1.165) is 50.3 Å². The molecule has 100 valence electrons. The third-order valence-electron chi connectivity index (χ3n) is 3.35. The Labute approximate surface area is 117 Å². The summed E-state index contributed by atoms with van der Waals surface area (Å²) < 4.78 is 2.07. The quantitative estimate of drug-likeness (QED) is 0.673. The molecule has 0 saturated carbocycles. The highest BCUT2D eigenvalue weighted by molar-refractivity contribution is 6.28. The maximum Gasteiger partial charge on any atom is 0.224 e. The van der Waals surface area contributed by atoms with Crippen molar-refractivity contribution in [1.82, 2.24) is 19.5 Å². The van der Waals surface area contributed by atoms with Crippen molar-refractivity contribution in [2.24, 2.45) is 0 Å². The monoisotopic (exact) mass is 277 g/mol. The third kappa shape index (κ3) is 2.87. The van der Waals surface area contributed by atoms with Gasteiger partial charge in [-0.15, -0.1) is 0 Å². The van der Waals surface area contributed by atoms with E-state index in [-0.39, 0.29) is 0 Å². The Morgan fingerprint density at radius 3 is 3.11 bits per heavy atom. The maximum absolute atomic E-state index is 5.95. The predicted molar refractivity (Wildman–Crippen MR) is 74.4 cm³/mol. The van der Waals surface area contributed by atoms with Crippen LogP contribution in [0.15, 0.2) is 18.7 Å². The van der Waals surface area contributed by atoms with Crippen molar-refractivity contribution in [1.29, 1.82) is 0 Å². The molecule has 0 amide bonds. The Hall–Kier alpha value is -1.62. The summed E-state index contributed by atoms with van der Waals surface area (Å²) >= 11 is 5.95. The van der Waals surface area contributed by atoms with Gasteiger partial charge in [-0.2, -0.15) is 0 Å².